The Bertz CT molecular complexity index is 355. The molecule has 0 aliphatic rings. The first-order valence-corrected chi connectivity index (χ1v) is 7.06. The minimum absolute atomic E-state index is 0.0850. The smallest absolute Gasteiger partial charge is 0.133 e. The van der Waals surface area contributed by atoms with Crippen LogP contribution in [-0.2, 0) is 0 Å². The molecular formula is C11H15I2NO. The van der Waals surface area contributed by atoms with Gasteiger partial charge in [0.15, 0.2) is 0 Å². The van der Waals surface area contributed by atoms with E-state index in [9.17, 15) is 5.11 Å². The Labute approximate surface area is 118 Å². The Morgan fingerprint density at radius 3 is 2.53 bits per heavy atom. The van der Waals surface area contributed by atoms with Crippen molar-refractivity contribution < 1.29 is 5.11 Å². The van der Waals surface area contributed by atoms with E-state index < -0.39 is 0 Å². The molecule has 0 saturated heterocycles. The summed E-state index contributed by atoms with van der Waals surface area (Å²) in [6.45, 7) is 4.22. The SMILES string of the molecule is CCC(C)[C@H](N)c1cc(I)cc(I)c1O. The molecule has 0 heterocycles. The van der Waals surface area contributed by atoms with Crippen LogP contribution < -0.4 is 5.73 Å². The minimum Gasteiger partial charge on any atom is -0.506 e. The summed E-state index contributed by atoms with van der Waals surface area (Å²) in [4.78, 5) is 0. The van der Waals surface area contributed by atoms with E-state index in [2.05, 4.69) is 59.0 Å². The highest BCUT2D eigenvalue weighted by molar-refractivity contribution is 14.1. The third kappa shape index (κ3) is 3.20. The zero-order valence-electron chi connectivity index (χ0n) is 8.80. The largest absolute Gasteiger partial charge is 0.506 e. The van der Waals surface area contributed by atoms with Gasteiger partial charge in [-0.15, -0.1) is 0 Å². The third-order valence-corrected chi connectivity index (χ3v) is 4.12. The number of halogens is 2. The summed E-state index contributed by atoms with van der Waals surface area (Å²) >= 11 is 4.38. The van der Waals surface area contributed by atoms with Gasteiger partial charge < -0.3 is 10.8 Å². The summed E-state index contributed by atoms with van der Waals surface area (Å²) in [5, 5.41) is 9.95. The third-order valence-electron chi connectivity index (χ3n) is 2.67. The summed E-state index contributed by atoms with van der Waals surface area (Å²) in [5.74, 6) is 0.716. The van der Waals surface area contributed by atoms with Crippen LogP contribution in [0.1, 0.15) is 31.9 Å². The molecule has 0 aliphatic carbocycles. The van der Waals surface area contributed by atoms with Crippen molar-refractivity contribution in [2.75, 3.05) is 0 Å². The van der Waals surface area contributed by atoms with Crippen molar-refractivity contribution in [1.82, 2.24) is 0 Å². The predicted molar refractivity (Wildman–Crippen MR) is 79.9 cm³/mol. The molecule has 1 rings (SSSR count). The predicted octanol–water partition coefficient (Wildman–Crippen LogP) is 3.65. The van der Waals surface area contributed by atoms with E-state index in [4.69, 9.17) is 5.73 Å². The van der Waals surface area contributed by atoms with Gasteiger partial charge in [0.1, 0.15) is 5.75 Å². The summed E-state index contributed by atoms with van der Waals surface area (Å²) in [7, 11) is 0. The van der Waals surface area contributed by atoms with Crippen LogP contribution in [0, 0.1) is 13.1 Å². The number of aromatic hydroxyl groups is 1. The average molecular weight is 431 g/mol. The molecule has 15 heavy (non-hydrogen) atoms. The van der Waals surface area contributed by atoms with E-state index in [0.29, 0.717) is 11.7 Å². The maximum atomic E-state index is 9.95. The van der Waals surface area contributed by atoms with E-state index in [1.807, 2.05) is 12.1 Å². The second-order valence-electron chi connectivity index (χ2n) is 3.74. The number of hydrogen-bond donors (Lipinski definition) is 2. The Morgan fingerprint density at radius 1 is 1.40 bits per heavy atom. The molecule has 0 aliphatic heterocycles. The zero-order valence-corrected chi connectivity index (χ0v) is 13.1. The molecule has 0 amide bonds. The molecule has 2 atom stereocenters. The van der Waals surface area contributed by atoms with Crippen molar-refractivity contribution in [2.45, 2.75) is 26.3 Å². The summed E-state index contributed by atoms with van der Waals surface area (Å²) in [6, 6.07) is 3.83. The number of hydrogen-bond acceptors (Lipinski definition) is 2. The van der Waals surface area contributed by atoms with Crippen LogP contribution >= 0.6 is 45.2 Å². The maximum Gasteiger partial charge on any atom is 0.133 e. The van der Waals surface area contributed by atoms with Gasteiger partial charge in [-0.3, -0.25) is 0 Å². The van der Waals surface area contributed by atoms with E-state index >= 15 is 0 Å². The molecule has 4 heteroatoms. The minimum atomic E-state index is -0.0850. The second kappa shape index (κ2) is 5.67. The van der Waals surface area contributed by atoms with Crippen molar-refractivity contribution in [2.24, 2.45) is 11.7 Å². The number of nitrogens with two attached hydrogens (primary N) is 1. The topological polar surface area (TPSA) is 46.2 Å². The van der Waals surface area contributed by atoms with Crippen LogP contribution in [0.15, 0.2) is 12.1 Å². The lowest BCUT2D eigenvalue weighted by Crippen LogP contribution is -2.19. The molecule has 1 aromatic carbocycles. The molecule has 2 nitrogen and oxygen atoms in total. The van der Waals surface area contributed by atoms with Crippen LogP contribution in [0.25, 0.3) is 0 Å². The van der Waals surface area contributed by atoms with Gasteiger partial charge in [0.2, 0.25) is 0 Å². The van der Waals surface area contributed by atoms with Crippen molar-refractivity contribution in [3.63, 3.8) is 0 Å². The van der Waals surface area contributed by atoms with E-state index in [0.717, 1.165) is 19.1 Å². The molecule has 0 spiro atoms. The van der Waals surface area contributed by atoms with Crippen LogP contribution in [-0.4, -0.2) is 5.11 Å². The summed E-state index contributed by atoms with van der Waals surface area (Å²) in [5.41, 5.74) is 6.98. The first-order chi connectivity index (χ1) is 6.97. The summed E-state index contributed by atoms with van der Waals surface area (Å²) in [6.07, 6.45) is 1.02. The van der Waals surface area contributed by atoms with E-state index in [-0.39, 0.29) is 6.04 Å². The number of benzene rings is 1. The molecule has 0 radical (unpaired) electrons. The fourth-order valence-electron chi connectivity index (χ4n) is 1.40. The van der Waals surface area contributed by atoms with E-state index in [1.165, 1.54) is 0 Å². The lowest BCUT2D eigenvalue weighted by molar-refractivity contribution is 0.417. The first kappa shape index (κ1) is 13.5. The lowest BCUT2D eigenvalue weighted by atomic mass is 9.93. The molecule has 3 N–H and O–H groups in total. The maximum absolute atomic E-state index is 9.95. The standard InChI is InChI=1S/C11H15I2NO/c1-3-6(2)10(14)8-4-7(12)5-9(13)11(8)15/h4-6,10,15H,3,14H2,1-2H3/t6?,10-/m0/s1. The van der Waals surface area contributed by atoms with Crippen molar-refractivity contribution >= 4 is 45.2 Å². The molecule has 0 aromatic heterocycles. The molecule has 1 unspecified atom stereocenters. The fraction of sp³-hybridized carbons (Fsp3) is 0.455. The Morgan fingerprint density at radius 2 is 2.00 bits per heavy atom. The molecular weight excluding hydrogens is 416 g/mol. The van der Waals surface area contributed by atoms with Gasteiger partial charge in [0, 0.05) is 15.2 Å². The second-order valence-corrected chi connectivity index (χ2v) is 6.14. The molecule has 0 saturated carbocycles. The monoisotopic (exact) mass is 431 g/mol. The van der Waals surface area contributed by atoms with Crippen molar-refractivity contribution in [3.8, 4) is 5.75 Å². The van der Waals surface area contributed by atoms with Gasteiger partial charge in [-0.25, -0.2) is 0 Å². The van der Waals surface area contributed by atoms with Gasteiger partial charge in [-0.05, 0) is 63.2 Å². The average Bonchev–Trinajstić information content (AvgIpc) is 2.21. The van der Waals surface area contributed by atoms with Crippen LogP contribution in [0.2, 0.25) is 0 Å². The number of rotatable bonds is 3. The highest BCUT2D eigenvalue weighted by Crippen LogP contribution is 2.34. The number of phenolic OH excluding ortho intramolecular Hbond substituents is 1. The normalized spacial score (nSPS) is 15.0. The molecule has 0 fully saturated rings. The Kier molecular flexibility index (Phi) is 5.11. The van der Waals surface area contributed by atoms with Gasteiger partial charge in [0.25, 0.3) is 0 Å². The van der Waals surface area contributed by atoms with Crippen LogP contribution in [0.4, 0.5) is 0 Å². The molecule has 1 aromatic rings. The molecule has 84 valence electrons. The van der Waals surface area contributed by atoms with Gasteiger partial charge >= 0.3 is 0 Å². The van der Waals surface area contributed by atoms with Gasteiger partial charge in [-0.2, -0.15) is 0 Å². The lowest BCUT2D eigenvalue weighted by Gasteiger charge is -2.20. The molecule has 0 bridgehead atoms. The first-order valence-electron chi connectivity index (χ1n) is 4.90. The van der Waals surface area contributed by atoms with Crippen molar-refractivity contribution in [1.29, 1.82) is 0 Å². The van der Waals surface area contributed by atoms with Gasteiger partial charge in [0.05, 0.1) is 3.57 Å². The number of phenols is 1. The Hall–Kier alpha value is 0.440. The quantitative estimate of drug-likeness (QED) is 0.719. The van der Waals surface area contributed by atoms with E-state index in [1.54, 1.807) is 0 Å². The highest BCUT2D eigenvalue weighted by atomic mass is 127. The summed E-state index contributed by atoms with van der Waals surface area (Å²) < 4.78 is 1.98. The fourth-order valence-corrected chi connectivity index (χ4v) is 3.29. The van der Waals surface area contributed by atoms with Crippen LogP contribution in [0.3, 0.4) is 0 Å². The van der Waals surface area contributed by atoms with Crippen molar-refractivity contribution in [3.05, 3.63) is 24.8 Å². The van der Waals surface area contributed by atoms with Crippen LogP contribution in [0.5, 0.6) is 5.75 Å². The highest BCUT2D eigenvalue weighted by Gasteiger charge is 2.18. The Balaban J connectivity index is 3.13. The van der Waals surface area contributed by atoms with Gasteiger partial charge in [-0.1, -0.05) is 20.3 Å². The zero-order chi connectivity index (χ0) is 11.6.